The molecule has 2 aromatic carbocycles. The van der Waals surface area contributed by atoms with E-state index >= 15 is 0 Å². The van der Waals surface area contributed by atoms with Gasteiger partial charge in [-0.1, -0.05) is 32.0 Å². The van der Waals surface area contributed by atoms with Crippen molar-refractivity contribution < 1.29 is 14.3 Å². The maximum absolute atomic E-state index is 12.0. The van der Waals surface area contributed by atoms with Crippen LogP contribution in [0.4, 0.5) is 5.69 Å². The number of benzene rings is 2. The van der Waals surface area contributed by atoms with Crippen molar-refractivity contribution >= 4 is 11.6 Å². The van der Waals surface area contributed by atoms with Crippen LogP contribution in [0, 0.1) is 0 Å². The largest absolute Gasteiger partial charge is 0.493 e. The summed E-state index contributed by atoms with van der Waals surface area (Å²) in [6, 6.07) is 13.6. The van der Waals surface area contributed by atoms with E-state index in [0.29, 0.717) is 24.0 Å². The molecule has 0 unspecified atom stereocenters. The average Bonchev–Trinajstić information content (AvgIpc) is 2.62. The van der Waals surface area contributed by atoms with Crippen LogP contribution in [-0.2, 0) is 11.3 Å². The van der Waals surface area contributed by atoms with Gasteiger partial charge in [0.05, 0.1) is 20.8 Å². The van der Waals surface area contributed by atoms with E-state index in [4.69, 9.17) is 9.47 Å². The average molecular weight is 342 g/mol. The van der Waals surface area contributed by atoms with Crippen LogP contribution in [0.1, 0.15) is 30.9 Å². The summed E-state index contributed by atoms with van der Waals surface area (Å²) in [6.45, 7) is 5.09. The molecule has 0 fully saturated rings. The summed E-state index contributed by atoms with van der Waals surface area (Å²) in [5.41, 5.74) is 3.08. The zero-order chi connectivity index (χ0) is 18.2. The van der Waals surface area contributed by atoms with E-state index in [1.54, 1.807) is 14.2 Å². The lowest BCUT2D eigenvalue weighted by Crippen LogP contribution is -2.27. The Kier molecular flexibility index (Phi) is 6.83. The molecule has 2 N–H and O–H groups in total. The van der Waals surface area contributed by atoms with Crippen LogP contribution in [0.5, 0.6) is 11.5 Å². The Bertz CT molecular complexity index is 697. The quantitative estimate of drug-likeness (QED) is 0.770. The van der Waals surface area contributed by atoms with Gasteiger partial charge in [-0.2, -0.15) is 0 Å². The van der Waals surface area contributed by atoms with E-state index < -0.39 is 0 Å². The van der Waals surface area contributed by atoms with Gasteiger partial charge in [-0.05, 0) is 41.3 Å². The van der Waals surface area contributed by atoms with Crippen molar-refractivity contribution in [3.63, 3.8) is 0 Å². The van der Waals surface area contributed by atoms with E-state index in [9.17, 15) is 4.79 Å². The fourth-order valence-electron chi connectivity index (χ4n) is 2.47. The van der Waals surface area contributed by atoms with Gasteiger partial charge in [-0.25, -0.2) is 0 Å². The highest BCUT2D eigenvalue weighted by Crippen LogP contribution is 2.27. The molecule has 0 atom stereocenters. The topological polar surface area (TPSA) is 59.6 Å². The molecule has 2 aromatic rings. The first-order valence-electron chi connectivity index (χ1n) is 8.35. The summed E-state index contributed by atoms with van der Waals surface area (Å²) in [4.78, 5) is 12.0. The number of rotatable bonds is 8. The normalized spacial score (nSPS) is 10.6. The highest BCUT2D eigenvalue weighted by Gasteiger charge is 2.06. The Hall–Kier alpha value is -2.53. The molecule has 0 saturated heterocycles. The van der Waals surface area contributed by atoms with Crippen LogP contribution < -0.4 is 20.1 Å². The first-order chi connectivity index (χ1) is 12.0. The molecule has 0 aliphatic carbocycles. The number of carbonyl (C=O) groups is 1. The van der Waals surface area contributed by atoms with Crippen molar-refractivity contribution in [3.8, 4) is 11.5 Å². The SMILES string of the molecule is COc1ccc(CNCC(=O)Nc2ccc(C(C)C)cc2)cc1OC. The molecule has 25 heavy (non-hydrogen) atoms. The van der Waals surface area contributed by atoms with E-state index in [1.807, 2.05) is 42.5 Å². The number of nitrogens with one attached hydrogen (secondary N) is 2. The molecule has 5 nitrogen and oxygen atoms in total. The Labute approximate surface area is 149 Å². The lowest BCUT2D eigenvalue weighted by atomic mass is 10.0. The zero-order valence-corrected chi connectivity index (χ0v) is 15.3. The van der Waals surface area contributed by atoms with Crippen LogP contribution in [0.25, 0.3) is 0 Å². The molecule has 0 bridgehead atoms. The molecule has 134 valence electrons. The molecule has 0 saturated carbocycles. The monoisotopic (exact) mass is 342 g/mol. The van der Waals surface area contributed by atoms with Gasteiger partial charge in [-0.15, -0.1) is 0 Å². The first-order valence-corrected chi connectivity index (χ1v) is 8.35. The number of hydrogen-bond donors (Lipinski definition) is 2. The summed E-state index contributed by atoms with van der Waals surface area (Å²) in [5.74, 6) is 1.77. The minimum atomic E-state index is -0.0715. The van der Waals surface area contributed by atoms with Gasteiger partial charge in [0.15, 0.2) is 11.5 Å². The molecule has 0 spiro atoms. The number of hydrogen-bond acceptors (Lipinski definition) is 4. The predicted octanol–water partition coefficient (Wildman–Crippen LogP) is 3.56. The predicted molar refractivity (Wildman–Crippen MR) is 100 cm³/mol. The van der Waals surface area contributed by atoms with Gasteiger partial charge < -0.3 is 20.1 Å². The van der Waals surface area contributed by atoms with Crippen molar-refractivity contribution in [1.29, 1.82) is 0 Å². The van der Waals surface area contributed by atoms with Crippen molar-refractivity contribution in [2.45, 2.75) is 26.3 Å². The molecule has 0 aliphatic heterocycles. The van der Waals surface area contributed by atoms with Crippen LogP contribution in [0.3, 0.4) is 0 Å². The van der Waals surface area contributed by atoms with Crippen LogP contribution >= 0.6 is 0 Å². The molecular weight excluding hydrogens is 316 g/mol. The molecule has 0 aromatic heterocycles. The van der Waals surface area contributed by atoms with Crippen molar-refractivity contribution in [1.82, 2.24) is 5.32 Å². The fourth-order valence-corrected chi connectivity index (χ4v) is 2.47. The third-order valence-corrected chi connectivity index (χ3v) is 3.92. The van der Waals surface area contributed by atoms with E-state index in [-0.39, 0.29) is 12.5 Å². The molecular formula is C20H26N2O3. The van der Waals surface area contributed by atoms with Gasteiger partial charge >= 0.3 is 0 Å². The number of amides is 1. The lowest BCUT2D eigenvalue weighted by Gasteiger charge is -2.11. The molecule has 5 heteroatoms. The molecule has 2 rings (SSSR count). The second-order valence-electron chi connectivity index (χ2n) is 6.12. The number of anilines is 1. The lowest BCUT2D eigenvalue weighted by molar-refractivity contribution is -0.115. The van der Waals surface area contributed by atoms with Crippen LogP contribution in [-0.4, -0.2) is 26.7 Å². The fraction of sp³-hybridized carbons (Fsp3) is 0.350. The summed E-state index contributed by atoms with van der Waals surface area (Å²) in [7, 11) is 3.21. The third kappa shape index (κ3) is 5.50. The van der Waals surface area contributed by atoms with Crippen LogP contribution in [0.15, 0.2) is 42.5 Å². The minimum absolute atomic E-state index is 0.0715. The number of carbonyl (C=O) groups excluding carboxylic acids is 1. The van der Waals surface area contributed by atoms with Crippen LogP contribution in [0.2, 0.25) is 0 Å². The molecule has 0 aliphatic rings. The molecule has 0 heterocycles. The standard InChI is InChI=1S/C20H26N2O3/c1-14(2)16-6-8-17(9-7-16)22-20(23)13-21-12-15-5-10-18(24-3)19(11-15)25-4/h5-11,14,21H,12-13H2,1-4H3,(H,22,23). The van der Waals surface area contributed by atoms with Gasteiger partial charge in [0.1, 0.15) is 0 Å². The summed E-state index contributed by atoms with van der Waals surface area (Å²) >= 11 is 0. The summed E-state index contributed by atoms with van der Waals surface area (Å²) < 4.78 is 10.5. The zero-order valence-electron chi connectivity index (χ0n) is 15.3. The highest BCUT2D eigenvalue weighted by molar-refractivity contribution is 5.92. The Morgan fingerprint density at radius 3 is 2.28 bits per heavy atom. The highest BCUT2D eigenvalue weighted by atomic mass is 16.5. The third-order valence-electron chi connectivity index (χ3n) is 3.92. The number of ether oxygens (including phenoxy) is 2. The van der Waals surface area contributed by atoms with Gasteiger partial charge in [0.2, 0.25) is 5.91 Å². The Balaban J connectivity index is 1.82. The van der Waals surface area contributed by atoms with Gasteiger partial charge in [-0.3, -0.25) is 4.79 Å². The first kappa shape index (κ1) is 18.8. The summed E-state index contributed by atoms with van der Waals surface area (Å²) in [6.07, 6.45) is 0. The number of methoxy groups -OCH3 is 2. The Morgan fingerprint density at radius 1 is 1.00 bits per heavy atom. The Morgan fingerprint density at radius 2 is 1.68 bits per heavy atom. The molecule has 0 radical (unpaired) electrons. The minimum Gasteiger partial charge on any atom is -0.493 e. The smallest absolute Gasteiger partial charge is 0.238 e. The van der Waals surface area contributed by atoms with E-state index in [0.717, 1.165) is 11.3 Å². The maximum atomic E-state index is 12.0. The van der Waals surface area contributed by atoms with Gasteiger partial charge in [0.25, 0.3) is 0 Å². The van der Waals surface area contributed by atoms with Gasteiger partial charge in [0, 0.05) is 12.2 Å². The van der Waals surface area contributed by atoms with Crippen molar-refractivity contribution in [2.24, 2.45) is 0 Å². The van der Waals surface area contributed by atoms with Crippen molar-refractivity contribution in [3.05, 3.63) is 53.6 Å². The van der Waals surface area contributed by atoms with Crippen molar-refractivity contribution in [2.75, 3.05) is 26.1 Å². The molecule has 1 amide bonds. The summed E-state index contributed by atoms with van der Waals surface area (Å²) in [5, 5.41) is 6.02. The second-order valence-corrected chi connectivity index (χ2v) is 6.12. The van der Waals surface area contributed by atoms with E-state index in [2.05, 4.69) is 24.5 Å². The second kappa shape index (κ2) is 9.08. The van der Waals surface area contributed by atoms with E-state index in [1.165, 1.54) is 5.56 Å². The maximum Gasteiger partial charge on any atom is 0.238 e.